The van der Waals surface area contributed by atoms with E-state index in [2.05, 4.69) is 9.97 Å². The van der Waals surface area contributed by atoms with Gasteiger partial charge in [0.05, 0.1) is 5.39 Å². The van der Waals surface area contributed by atoms with Crippen molar-refractivity contribution in [3.63, 3.8) is 0 Å². The summed E-state index contributed by atoms with van der Waals surface area (Å²) in [5, 5.41) is 9.58. The van der Waals surface area contributed by atoms with Crippen LogP contribution in [0.3, 0.4) is 0 Å². The van der Waals surface area contributed by atoms with Crippen molar-refractivity contribution >= 4 is 28.6 Å². The van der Waals surface area contributed by atoms with Crippen LogP contribution in [0, 0.1) is 5.82 Å². The summed E-state index contributed by atoms with van der Waals surface area (Å²) in [4.78, 5) is 21.6. The first kappa shape index (κ1) is 22.1. The van der Waals surface area contributed by atoms with Gasteiger partial charge in [0, 0.05) is 29.9 Å². The molecule has 3 aromatic carbocycles. The number of nitrogens with zero attached hydrogens (tertiary/aromatic N) is 3. The van der Waals surface area contributed by atoms with Gasteiger partial charge < -0.3 is 19.2 Å². The number of rotatable bonds is 7. The van der Waals surface area contributed by atoms with Crippen LogP contribution in [0.1, 0.15) is 0 Å². The molecule has 0 amide bonds. The third kappa shape index (κ3) is 4.41. The zero-order valence-electron chi connectivity index (χ0n) is 18.7. The van der Waals surface area contributed by atoms with Crippen molar-refractivity contribution in [1.29, 1.82) is 0 Å². The van der Waals surface area contributed by atoms with Crippen LogP contribution < -0.4 is 9.64 Å². The monoisotopic (exact) mass is 469 g/mol. The molecule has 0 fully saturated rings. The Balaban J connectivity index is 1.69. The number of anilines is 2. The first-order valence-corrected chi connectivity index (χ1v) is 10.8. The second-order valence-corrected chi connectivity index (χ2v) is 7.80. The fraction of sp³-hybridized carbons (Fsp3) is 0.0741. The molecule has 0 aliphatic heterocycles. The van der Waals surface area contributed by atoms with Gasteiger partial charge >= 0.3 is 5.97 Å². The Bertz CT molecular complexity index is 1500. The van der Waals surface area contributed by atoms with E-state index in [9.17, 15) is 9.18 Å². The Kier molecular flexibility index (Phi) is 5.85. The Morgan fingerprint density at radius 2 is 1.77 bits per heavy atom. The van der Waals surface area contributed by atoms with Crippen molar-refractivity contribution in [2.75, 3.05) is 18.6 Å². The van der Waals surface area contributed by atoms with Crippen molar-refractivity contribution in [1.82, 2.24) is 9.97 Å². The minimum absolute atomic E-state index is 0.338. The Morgan fingerprint density at radius 3 is 2.51 bits per heavy atom. The largest absolute Gasteiger partial charge is 0.482 e. The fourth-order valence-electron chi connectivity index (χ4n) is 3.91. The molecule has 8 heteroatoms. The summed E-state index contributed by atoms with van der Waals surface area (Å²) < 4.78 is 25.3. The van der Waals surface area contributed by atoms with Crippen LogP contribution in [0.4, 0.5) is 15.9 Å². The van der Waals surface area contributed by atoms with Gasteiger partial charge in [-0.25, -0.2) is 19.2 Å². The number of furan rings is 1. The van der Waals surface area contributed by atoms with Crippen molar-refractivity contribution in [2.45, 2.75) is 0 Å². The van der Waals surface area contributed by atoms with Gasteiger partial charge in [-0.2, -0.15) is 0 Å². The predicted molar refractivity (Wildman–Crippen MR) is 130 cm³/mol. The minimum Gasteiger partial charge on any atom is -0.482 e. The number of aromatic nitrogens is 2. The standard InChI is InChI=1S/C27H20FN3O4/c1-31(20-8-5-9-21(14-20)34-15-22(32)33)26-24-23(17-10-12-19(28)13-11-17)25(18-6-3-2-4-7-18)35-27(24)30-16-29-26/h2-14,16H,15H2,1H3,(H,32,33). The molecule has 0 spiro atoms. The zero-order valence-corrected chi connectivity index (χ0v) is 18.7. The summed E-state index contributed by atoms with van der Waals surface area (Å²) in [7, 11) is 1.84. The Labute approximate surface area is 200 Å². The summed E-state index contributed by atoms with van der Waals surface area (Å²) in [5.74, 6) is 0.182. The highest BCUT2D eigenvalue weighted by Crippen LogP contribution is 2.44. The van der Waals surface area contributed by atoms with E-state index in [0.29, 0.717) is 28.4 Å². The van der Waals surface area contributed by atoms with Crippen LogP contribution in [-0.4, -0.2) is 34.7 Å². The van der Waals surface area contributed by atoms with Crippen LogP contribution in [0.15, 0.2) is 89.6 Å². The van der Waals surface area contributed by atoms with Gasteiger partial charge in [-0.3, -0.25) is 0 Å². The molecule has 2 aromatic heterocycles. The van der Waals surface area contributed by atoms with E-state index < -0.39 is 12.6 Å². The van der Waals surface area contributed by atoms with Gasteiger partial charge in [0.15, 0.2) is 6.61 Å². The van der Waals surface area contributed by atoms with E-state index in [1.165, 1.54) is 18.5 Å². The molecular formula is C27H20FN3O4. The van der Waals surface area contributed by atoms with E-state index in [0.717, 1.165) is 22.4 Å². The number of halogens is 1. The average Bonchev–Trinajstić information content (AvgIpc) is 3.28. The molecule has 0 saturated heterocycles. The summed E-state index contributed by atoms with van der Waals surface area (Å²) in [6, 6.07) is 22.9. The quantitative estimate of drug-likeness (QED) is 0.316. The van der Waals surface area contributed by atoms with Crippen molar-refractivity contribution in [2.24, 2.45) is 0 Å². The van der Waals surface area contributed by atoms with Crippen LogP contribution >= 0.6 is 0 Å². The number of hydrogen-bond acceptors (Lipinski definition) is 6. The molecule has 7 nitrogen and oxygen atoms in total. The van der Waals surface area contributed by atoms with E-state index >= 15 is 0 Å². The van der Waals surface area contributed by atoms with Crippen LogP contribution in [0.2, 0.25) is 0 Å². The molecule has 5 rings (SSSR count). The number of carbonyl (C=O) groups is 1. The topological polar surface area (TPSA) is 88.7 Å². The summed E-state index contributed by atoms with van der Waals surface area (Å²) in [6.45, 7) is -0.443. The van der Waals surface area contributed by atoms with Gasteiger partial charge in [-0.1, -0.05) is 48.5 Å². The number of carboxylic acids is 1. The normalized spacial score (nSPS) is 10.9. The predicted octanol–water partition coefficient (Wildman–Crippen LogP) is 5.93. The smallest absolute Gasteiger partial charge is 0.341 e. The van der Waals surface area contributed by atoms with Crippen LogP contribution in [0.5, 0.6) is 5.75 Å². The van der Waals surface area contributed by atoms with Gasteiger partial charge in [-0.05, 0) is 29.8 Å². The Hall–Kier alpha value is -4.72. The number of benzene rings is 3. The number of carboxylic acid groups (broad SMARTS) is 1. The van der Waals surface area contributed by atoms with Crippen LogP contribution in [-0.2, 0) is 4.79 Å². The number of hydrogen-bond donors (Lipinski definition) is 1. The van der Waals surface area contributed by atoms with E-state index in [-0.39, 0.29) is 5.82 Å². The van der Waals surface area contributed by atoms with Gasteiger partial charge in [0.25, 0.3) is 0 Å². The van der Waals surface area contributed by atoms with Gasteiger partial charge in [-0.15, -0.1) is 0 Å². The van der Waals surface area contributed by atoms with Gasteiger partial charge in [0.2, 0.25) is 5.71 Å². The molecule has 0 bridgehead atoms. The molecule has 0 radical (unpaired) electrons. The zero-order chi connectivity index (χ0) is 24.4. The summed E-state index contributed by atoms with van der Waals surface area (Å²) in [5.41, 5.74) is 3.46. The lowest BCUT2D eigenvalue weighted by Crippen LogP contribution is -2.13. The van der Waals surface area contributed by atoms with Crippen molar-refractivity contribution in [3.8, 4) is 28.2 Å². The van der Waals surface area contributed by atoms with E-state index in [4.69, 9.17) is 14.3 Å². The van der Waals surface area contributed by atoms with Crippen molar-refractivity contribution < 1.29 is 23.4 Å². The molecule has 1 N–H and O–H groups in total. The molecule has 0 unspecified atom stereocenters. The highest BCUT2D eigenvalue weighted by molar-refractivity contribution is 6.06. The fourth-order valence-corrected chi connectivity index (χ4v) is 3.91. The summed E-state index contributed by atoms with van der Waals surface area (Å²) in [6.07, 6.45) is 1.42. The Morgan fingerprint density at radius 1 is 1.00 bits per heavy atom. The lowest BCUT2D eigenvalue weighted by atomic mass is 9.99. The molecular weight excluding hydrogens is 449 g/mol. The average molecular weight is 469 g/mol. The first-order chi connectivity index (χ1) is 17.0. The molecule has 2 heterocycles. The second-order valence-electron chi connectivity index (χ2n) is 7.80. The maximum atomic E-state index is 13.7. The molecule has 174 valence electrons. The van der Waals surface area contributed by atoms with E-state index in [1.807, 2.05) is 48.3 Å². The number of fused-ring (bicyclic) bond motifs is 1. The molecule has 0 aliphatic carbocycles. The van der Waals surface area contributed by atoms with Crippen LogP contribution in [0.25, 0.3) is 33.6 Å². The highest BCUT2D eigenvalue weighted by atomic mass is 19.1. The highest BCUT2D eigenvalue weighted by Gasteiger charge is 2.24. The van der Waals surface area contributed by atoms with E-state index in [1.54, 1.807) is 30.3 Å². The maximum Gasteiger partial charge on any atom is 0.341 e. The first-order valence-electron chi connectivity index (χ1n) is 10.8. The minimum atomic E-state index is -1.06. The molecule has 0 aliphatic rings. The molecule has 0 atom stereocenters. The molecule has 35 heavy (non-hydrogen) atoms. The lowest BCUT2D eigenvalue weighted by Gasteiger charge is -2.20. The third-order valence-corrected chi connectivity index (χ3v) is 5.52. The SMILES string of the molecule is CN(c1cccc(OCC(=O)O)c1)c1ncnc2oc(-c3ccccc3)c(-c3ccc(F)cc3)c12. The number of ether oxygens (including phenoxy) is 1. The summed E-state index contributed by atoms with van der Waals surface area (Å²) >= 11 is 0. The molecule has 0 saturated carbocycles. The third-order valence-electron chi connectivity index (χ3n) is 5.52. The lowest BCUT2D eigenvalue weighted by molar-refractivity contribution is -0.139. The maximum absolute atomic E-state index is 13.7. The second kappa shape index (κ2) is 9.26. The van der Waals surface area contributed by atoms with Crippen molar-refractivity contribution in [3.05, 3.63) is 91.0 Å². The molecule has 5 aromatic rings. The van der Waals surface area contributed by atoms with Gasteiger partial charge in [0.1, 0.15) is 29.5 Å². The number of aliphatic carboxylic acids is 1.